The van der Waals surface area contributed by atoms with Crippen molar-refractivity contribution >= 4 is 22.4 Å². The average molecular weight is 339 g/mol. The van der Waals surface area contributed by atoms with Gasteiger partial charge in [-0.1, -0.05) is 24.3 Å². The molecule has 0 spiro atoms. The third-order valence-electron chi connectivity index (χ3n) is 3.66. The predicted molar refractivity (Wildman–Crippen MR) is 95.0 cm³/mol. The van der Waals surface area contributed by atoms with E-state index in [1.54, 1.807) is 12.1 Å². The van der Waals surface area contributed by atoms with Crippen LogP contribution in [0.4, 0.5) is 5.69 Å². The topological polar surface area (TPSA) is 104 Å². The second-order valence-corrected chi connectivity index (χ2v) is 5.45. The first-order valence-corrected chi connectivity index (χ1v) is 7.86. The molecular formula is C18H17N3O4. The molecule has 0 saturated carbocycles. The molecule has 0 saturated heterocycles. The number of para-hydroxylation sites is 1. The van der Waals surface area contributed by atoms with Gasteiger partial charge in [-0.2, -0.15) is 0 Å². The number of benzene rings is 2. The first-order valence-electron chi connectivity index (χ1n) is 7.86. The van der Waals surface area contributed by atoms with Crippen LogP contribution in [0.3, 0.4) is 0 Å². The Balaban J connectivity index is 1.62. The molecule has 3 aromatic rings. The van der Waals surface area contributed by atoms with E-state index < -0.39 is 11.1 Å². The van der Waals surface area contributed by atoms with Gasteiger partial charge in [0.2, 0.25) is 5.91 Å². The van der Waals surface area contributed by atoms with Gasteiger partial charge in [0.05, 0.1) is 23.1 Å². The van der Waals surface area contributed by atoms with Crippen LogP contribution >= 0.6 is 0 Å². The molecule has 0 aliphatic carbocycles. The van der Waals surface area contributed by atoms with E-state index >= 15 is 0 Å². The molecule has 0 aliphatic rings. The summed E-state index contributed by atoms with van der Waals surface area (Å²) in [6.07, 6.45) is 0.771. The van der Waals surface area contributed by atoms with Gasteiger partial charge in [0.1, 0.15) is 5.75 Å². The number of carbonyl (C=O) groups is 1. The Kier molecular flexibility index (Phi) is 4.94. The molecule has 0 aliphatic heterocycles. The Morgan fingerprint density at radius 3 is 2.52 bits per heavy atom. The van der Waals surface area contributed by atoms with Crippen molar-refractivity contribution < 1.29 is 9.53 Å². The number of amides is 1. The molecule has 0 fully saturated rings. The molecule has 0 atom stereocenters. The van der Waals surface area contributed by atoms with Crippen molar-refractivity contribution in [3.05, 3.63) is 69.2 Å². The van der Waals surface area contributed by atoms with Gasteiger partial charge in [0.15, 0.2) is 0 Å². The number of carbonyl (C=O) groups excluding carboxylic acids is 1. The minimum Gasteiger partial charge on any atom is -0.494 e. The normalized spacial score (nSPS) is 10.6. The number of hydrogen-bond acceptors (Lipinski definition) is 4. The maximum atomic E-state index is 12.1. The molecule has 3 rings (SSSR count). The molecule has 128 valence electrons. The van der Waals surface area contributed by atoms with E-state index in [1.165, 1.54) is 6.07 Å². The van der Waals surface area contributed by atoms with Crippen LogP contribution in [0, 0.1) is 0 Å². The fourth-order valence-corrected chi connectivity index (χ4v) is 2.49. The van der Waals surface area contributed by atoms with Crippen molar-refractivity contribution in [2.75, 3.05) is 11.9 Å². The molecule has 2 aromatic carbocycles. The minimum absolute atomic E-state index is 0.167. The van der Waals surface area contributed by atoms with Crippen molar-refractivity contribution in [1.82, 2.24) is 10.2 Å². The zero-order chi connectivity index (χ0) is 17.6. The Labute approximate surface area is 142 Å². The Morgan fingerprint density at radius 2 is 1.72 bits per heavy atom. The lowest BCUT2D eigenvalue weighted by molar-refractivity contribution is -0.116. The Hall–Kier alpha value is -3.35. The maximum Gasteiger partial charge on any atom is 0.272 e. The van der Waals surface area contributed by atoms with E-state index in [2.05, 4.69) is 15.5 Å². The summed E-state index contributed by atoms with van der Waals surface area (Å²) in [6.45, 7) is 0.410. The van der Waals surface area contributed by atoms with Crippen LogP contribution in [0.1, 0.15) is 12.8 Å². The van der Waals surface area contributed by atoms with Crippen molar-refractivity contribution in [2.24, 2.45) is 0 Å². The molecule has 1 amide bonds. The van der Waals surface area contributed by atoms with Gasteiger partial charge in [-0.05, 0) is 30.7 Å². The number of H-pyrrole nitrogens is 2. The van der Waals surface area contributed by atoms with Crippen LogP contribution in [0.15, 0.2) is 58.1 Å². The maximum absolute atomic E-state index is 12.1. The third-order valence-corrected chi connectivity index (χ3v) is 3.66. The van der Waals surface area contributed by atoms with Crippen LogP contribution in [0.5, 0.6) is 5.75 Å². The van der Waals surface area contributed by atoms with Crippen LogP contribution in [0.25, 0.3) is 10.8 Å². The van der Waals surface area contributed by atoms with E-state index in [9.17, 15) is 14.4 Å². The Morgan fingerprint density at radius 1 is 0.960 bits per heavy atom. The summed E-state index contributed by atoms with van der Waals surface area (Å²) in [5, 5.41) is 7.60. The number of nitrogens with one attached hydrogen (secondary N) is 3. The molecule has 1 heterocycles. The number of anilines is 1. The fraction of sp³-hybridized carbons (Fsp3) is 0.167. The zero-order valence-corrected chi connectivity index (χ0v) is 13.4. The third kappa shape index (κ3) is 3.95. The number of ether oxygens (including phenoxy) is 1. The lowest BCUT2D eigenvalue weighted by Gasteiger charge is -2.08. The van der Waals surface area contributed by atoms with E-state index in [1.807, 2.05) is 30.3 Å². The van der Waals surface area contributed by atoms with Crippen LogP contribution < -0.4 is 21.2 Å². The highest BCUT2D eigenvalue weighted by atomic mass is 16.5. The number of fused-ring (bicyclic) bond motifs is 1. The molecule has 7 nitrogen and oxygen atoms in total. The second kappa shape index (κ2) is 7.48. The number of aromatic amines is 2. The largest absolute Gasteiger partial charge is 0.494 e. The fourth-order valence-electron chi connectivity index (χ4n) is 2.49. The van der Waals surface area contributed by atoms with Crippen LogP contribution in [0.2, 0.25) is 0 Å². The zero-order valence-electron chi connectivity index (χ0n) is 13.4. The van der Waals surface area contributed by atoms with Gasteiger partial charge in [-0.15, -0.1) is 0 Å². The smallest absolute Gasteiger partial charge is 0.272 e. The summed E-state index contributed by atoms with van der Waals surface area (Å²) in [5.74, 6) is 0.506. The minimum atomic E-state index is -0.460. The van der Waals surface area contributed by atoms with Crippen molar-refractivity contribution in [3.63, 3.8) is 0 Å². The second-order valence-electron chi connectivity index (χ2n) is 5.45. The molecule has 0 radical (unpaired) electrons. The number of aromatic nitrogens is 2. The van der Waals surface area contributed by atoms with E-state index in [0.29, 0.717) is 18.7 Å². The highest BCUT2D eigenvalue weighted by Crippen LogP contribution is 2.17. The van der Waals surface area contributed by atoms with E-state index in [0.717, 1.165) is 5.75 Å². The molecule has 1 aromatic heterocycles. The monoisotopic (exact) mass is 339 g/mol. The van der Waals surface area contributed by atoms with Crippen LogP contribution in [-0.4, -0.2) is 22.7 Å². The summed E-state index contributed by atoms with van der Waals surface area (Å²) in [5.41, 5.74) is -0.557. The summed E-state index contributed by atoms with van der Waals surface area (Å²) < 4.78 is 5.53. The van der Waals surface area contributed by atoms with Gasteiger partial charge in [-0.3, -0.25) is 24.6 Å². The molecule has 7 heteroatoms. The summed E-state index contributed by atoms with van der Waals surface area (Å²) >= 11 is 0. The van der Waals surface area contributed by atoms with E-state index in [-0.39, 0.29) is 23.1 Å². The molecule has 3 N–H and O–H groups in total. The lowest BCUT2D eigenvalue weighted by Crippen LogP contribution is -2.21. The summed E-state index contributed by atoms with van der Waals surface area (Å²) in [7, 11) is 0. The molecule has 0 bridgehead atoms. The lowest BCUT2D eigenvalue weighted by atomic mass is 10.1. The van der Waals surface area contributed by atoms with Gasteiger partial charge >= 0.3 is 0 Å². The predicted octanol–water partition coefficient (Wildman–Crippen LogP) is 2.01. The average Bonchev–Trinajstić information content (AvgIpc) is 2.63. The quantitative estimate of drug-likeness (QED) is 0.598. The van der Waals surface area contributed by atoms with Crippen LogP contribution in [-0.2, 0) is 4.79 Å². The summed E-state index contributed by atoms with van der Waals surface area (Å²) in [6, 6.07) is 14.1. The number of rotatable bonds is 6. The first-order chi connectivity index (χ1) is 12.1. The van der Waals surface area contributed by atoms with Gasteiger partial charge in [0.25, 0.3) is 11.1 Å². The molecular weight excluding hydrogens is 322 g/mol. The molecule has 25 heavy (non-hydrogen) atoms. The molecule has 0 unspecified atom stereocenters. The van der Waals surface area contributed by atoms with Gasteiger partial charge < -0.3 is 10.1 Å². The van der Waals surface area contributed by atoms with Gasteiger partial charge in [0, 0.05) is 6.42 Å². The first kappa shape index (κ1) is 16.5. The SMILES string of the molecule is O=C(CCCOc1ccccc1)Nc1cccc2c(=O)[nH][nH]c(=O)c12. The number of hydrogen-bond donors (Lipinski definition) is 3. The van der Waals surface area contributed by atoms with Crippen molar-refractivity contribution in [2.45, 2.75) is 12.8 Å². The standard InChI is InChI=1S/C18H17N3O4/c22-15(10-5-11-25-12-6-2-1-3-7-12)19-14-9-4-8-13-16(14)18(24)21-20-17(13)23/h1-4,6-9H,5,10-11H2,(H,19,22)(H,20,23)(H,21,24). The van der Waals surface area contributed by atoms with E-state index in [4.69, 9.17) is 4.74 Å². The Bertz CT molecular complexity index is 992. The van der Waals surface area contributed by atoms with Crippen molar-refractivity contribution in [1.29, 1.82) is 0 Å². The highest BCUT2D eigenvalue weighted by molar-refractivity contribution is 6.01. The van der Waals surface area contributed by atoms with Crippen molar-refractivity contribution in [3.8, 4) is 5.75 Å². The summed E-state index contributed by atoms with van der Waals surface area (Å²) in [4.78, 5) is 35.8. The van der Waals surface area contributed by atoms with Gasteiger partial charge in [-0.25, -0.2) is 0 Å². The highest BCUT2D eigenvalue weighted by Gasteiger charge is 2.10.